The van der Waals surface area contributed by atoms with E-state index in [0.717, 1.165) is 12.3 Å². The van der Waals surface area contributed by atoms with Gasteiger partial charge in [-0.15, -0.1) is 0 Å². The Bertz CT molecular complexity index is 538. The first kappa shape index (κ1) is 10.9. The maximum atomic E-state index is 12.2. The maximum absolute atomic E-state index is 12.2. The van der Waals surface area contributed by atoms with Crippen LogP contribution in [0.4, 0.5) is 13.2 Å². The Kier molecular flexibility index (Phi) is 2.55. The predicted molar refractivity (Wildman–Crippen MR) is 53.8 cm³/mol. The van der Waals surface area contributed by atoms with Crippen LogP contribution < -0.4 is 0 Å². The lowest BCUT2D eigenvalue weighted by Gasteiger charge is -2.06. The molecular weight excluding hydrogens is 239 g/mol. The Morgan fingerprint density at radius 1 is 1.31 bits per heavy atom. The van der Waals surface area contributed by atoms with Crippen LogP contribution in [0.15, 0.2) is 30.7 Å². The molecule has 0 aromatic carbocycles. The zero-order chi connectivity index (χ0) is 11.8. The number of halogens is 3. The molecule has 0 aliphatic carbocycles. The van der Waals surface area contributed by atoms with Gasteiger partial charge in [-0.3, -0.25) is 4.57 Å². The molecule has 0 saturated carbocycles. The van der Waals surface area contributed by atoms with Crippen LogP contribution in [0, 0.1) is 4.77 Å². The fraction of sp³-hybridized carbons (Fsp3) is 0.111. The van der Waals surface area contributed by atoms with Gasteiger partial charge in [-0.2, -0.15) is 13.2 Å². The summed E-state index contributed by atoms with van der Waals surface area (Å²) in [6, 6.07) is 2.24. The van der Waals surface area contributed by atoms with Gasteiger partial charge < -0.3 is 4.98 Å². The first-order valence-corrected chi connectivity index (χ1v) is 4.69. The van der Waals surface area contributed by atoms with Gasteiger partial charge in [-0.1, -0.05) is 0 Å². The lowest BCUT2D eigenvalue weighted by atomic mass is 10.3. The average molecular weight is 245 g/mol. The zero-order valence-corrected chi connectivity index (χ0v) is 8.64. The molecule has 16 heavy (non-hydrogen) atoms. The molecule has 0 spiro atoms. The van der Waals surface area contributed by atoms with E-state index in [1.165, 1.54) is 10.6 Å². The summed E-state index contributed by atoms with van der Waals surface area (Å²) in [6.07, 6.45) is -0.0722. The third-order valence-corrected chi connectivity index (χ3v) is 2.28. The van der Waals surface area contributed by atoms with Gasteiger partial charge in [0.15, 0.2) is 4.77 Å². The first-order valence-electron chi connectivity index (χ1n) is 4.28. The van der Waals surface area contributed by atoms with Crippen molar-refractivity contribution in [2.45, 2.75) is 6.18 Å². The number of hydrogen-bond acceptors (Lipinski definition) is 2. The minimum absolute atomic E-state index is 0.404. The van der Waals surface area contributed by atoms with Crippen LogP contribution in [-0.2, 0) is 6.18 Å². The summed E-state index contributed by atoms with van der Waals surface area (Å²) in [5.74, 6) is 0. The second-order valence-electron chi connectivity index (χ2n) is 3.03. The second kappa shape index (κ2) is 3.75. The number of alkyl halides is 3. The highest BCUT2D eigenvalue weighted by Gasteiger charge is 2.32. The van der Waals surface area contributed by atoms with E-state index in [-0.39, 0.29) is 0 Å². The number of hydrogen-bond donors (Lipinski definition) is 1. The zero-order valence-electron chi connectivity index (χ0n) is 7.82. The van der Waals surface area contributed by atoms with Gasteiger partial charge in [0.25, 0.3) is 0 Å². The number of pyridine rings is 1. The van der Waals surface area contributed by atoms with Crippen LogP contribution in [0.5, 0.6) is 0 Å². The molecule has 0 amide bonds. The van der Waals surface area contributed by atoms with Gasteiger partial charge in [0.05, 0.1) is 11.9 Å². The topological polar surface area (TPSA) is 33.6 Å². The van der Waals surface area contributed by atoms with E-state index >= 15 is 0 Å². The molecule has 0 radical (unpaired) electrons. The van der Waals surface area contributed by atoms with Gasteiger partial charge in [0, 0.05) is 12.4 Å². The van der Waals surface area contributed by atoms with Crippen molar-refractivity contribution in [3.8, 4) is 5.69 Å². The molecule has 0 unspecified atom stereocenters. The molecular formula is C9H6F3N3S. The van der Waals surface area contributed by atoms with Crippen molar-refractivity contribution < 1.29 is 13.2 Å². The Hall–Kier alpha value is -1.63. The highest BCUT2D eigenvalue weighted by Crippen LogP contribution is 2.27. The largest absolute Gasteiger partial charge is 0.433 e. The van der Waals surface area contributed by atoms with Crippen LogP contribution in [0.1, 0.15) is 5.69 Å². The molecule has 0 bridgehead atoms. The number of aromatic amines is 1. The van der Waals surface area contributed by atoms with Crippen molar-refractivity contribution in [3.63, 3.8) is 0 Å². The number of imidazole rings is 1. The molecule has 7 heteroatoms. The van der Waals surface area contributed by atoms with Gasteiger partial charge in [0.1, 0.15) is 5.69 Å². The standard InChI is InChI=1S/C9H6F3N3S/c10-9(11,12)7-2-1-6(5-14-7)15-4-3-13-8(15)16/h1-5H,(H,13,16). The minimum Gasteiger partial charge on any atom is -0.337 e. The van der Waals surface area contributed by atoms with Crippen molar-refractivity contribution >= 4 is 12.2 Å². The van der Waals surface area contributed by atoms with Gasteiger partial charge in [-0.25, -0.2) is 4.98 Å². The molecule has 2 aromatic rings. The van der Waals surface area contributed by atoms with E-state index in [2.05, 4.69) is 9.97 Å². The number of nitrogens with zero attached hydrogens (tertiary/aromatic N) is 2. The minimum atomic E-state index is -4.42. The summed E-state index contributed by atoms with van der Waals surface area (Å²) in [5.41, 5.74) is -0.433. The van der Waals surface area contributed by atoms with E-state index < -0.39 is 11.9 Å². The van der Waals surface area contributed by atoms with Crippen molar-refractivity contribution in [2.24, 2.45) is 0 Å². The van der Waals surface area contributed by atoms with Crippen LogP contribution in [0.2, 0.25) is 0 Å². The lowest BCUT2D eigenvalue weighted by molar-refractivity contribution is -0.141. The van der Waals surface area contributed by atoms with E-state index in [1.807, 2.05) is 0 Å². The Balaban J connectivity index is 2.41. The van der Waals surface area contributed by atoms with E-state index in [0.29, 0.717) is 10.5 Å². The third kappa shape index (κ3) is 1.99. The summed E-state index contributed by atoms with van der Waals surface area (Å²) in [5, 5.41) is 0. The summed E-state index contributed by atoms with van der Waals surface area (Å²) >= 11 is 4.93. The van der Waals surface area contributed by atoms with Crippen LogP contribution in [0.3, 0.4) is 0 Å². The smallest absolute Gasteiger partial charge is 0.337 e. The molecule has 0 fully saturated rings. The SMILES string of the molecule is FC(F)(F)c1ccc(-n2cc[nH]c2=S)cn1. The number of rotatable bonds is 1. The fourth-order valence-electron chi connectivity index (χ4n) is 1.22. The average Bonchev–Trinajstić information content (AvgIpc) is 2.63. The normalized spacial score (nSPS) is 11.7. The molecule has 0 aliphatic rings. The molecule has 0 saturated heterocycles. The lowest BCUT2D eigenvalue weighted by Crippen LogP contribution is -2.08. The summed E-state index contributed by atoms with van der Waals surface area (Å²) < 4.78 is 38.7. The number of H-pyrrole nitrogens is 1. The van der Waals surface area contributed by atoms with Crippen molar-refractivity contribution in [1.29, 1.82) is 0 Å². The quantitative estimate of drug-likeness (QED) is 0.784. The fourth-order valence-corrected chi connectivity index (χ4v) is 1.45. The highest BCUT2D eigenvalue weighted by molar-refractivity contribution is 7.71. The molecule has 2 aromatic heterocycles. The second-order valence-corrected chi connectivity index (χ2v) is 3.42. The van der Waals surface area contributed by atoms with Crippen molar-refractivity contribution in [3.05, 3.63) is 41.2 Å². The Labute approximate surface area is 93.6 Å². The van der Waals surface area contributed by atoms with Gasteiger partial charge >= 0.3 is 6.18 Å². The molecule has 2 rings (SSSR count). The number of nitrogens with one attached hydrogen (secondary N) is 1. The van der Waals surface area contributed by atoms with Crippen LogP contribution in [0.25, 0.3) is 5.69 Å². The molecule has 3 nitrogen and oxygen atoms in total. The molecule has 2 heterocycles. The first-order chi connectivity index (χ1) is 7.48. The predicted octanol–water partition coefficient (Wildman–Crippen LogP) is 2.95. The summed E-state index contributed by atoms with van der Waals surface area (Å²) in [6.45, 7) is 0. The van der Waals surface area contributed by atoms with E-state index in [4.69, 9.17) is 12.2 Å². The van der Waals surface area contributed by atoms with Crippen LogP contribution in [-0.4, -0.2) is 14.5 Å². The Morgan fingerprint density at radius 2 is 2.06 bits per heavy atom. The van der Waals surface area contributed by atoms with Crippen LogP contribution >= 0.6 is 12.2 Å². The Morgan fingerprint density at radius 3 is 2.50 bits per heavy atom. The summed E-state index contributed by atoms with van der Waals surface area (Å²) in [4.78, 5) is 6.08. The van der Waals surface area contributed by atoms with Crippen molar-refractivity contribution in [1.82, 2.24) is 14.5 Å². The molecule has 84 valence electrons. The van der Waals surface area contributed by atoms with Gasteiger partial charge in [0.2, 0.25) is 0 Å². The number of aromatic nitrogens is 3. The van der Waals surface area contributed by atoms with Gasteiger partial charge in [-0.05, 0) is 24.4 Å². The monoisotopic (exact) mass is 245 g/mol. The highest BCUT2D eigenvalue weighted by atomic mass is 32.1. The van der Waals surface area contributed by atoms with Crippen molar-refractivity contribution in [2.75, 3.05) is 0 Å². The maximum Gasteiger partial charge on any atom is 0.433 e. The van der Waals surface area contributed by atoms with E-state index in [9.17, 15) is 13.2 Å². The molecule has 1 N–H and O–H groups in total. The molecule has 0 atom stereocenters. The third-order valence-electron chi connectivity index (χ3n) is 1.97. The summed E-state index contributed by atoms with van der Waals surface area (Å²) in [7, 11) is 0. The van der Waals surface area contributed by atoms with E-state index in [1.54, 1.807) is 12.4 Å². The molecule has 0 aliphatic heterocycles.